The largest absolute Gasteiger partial charge is 0.493 e. The van der Waals surface area contributed by atoms with Gasteiger partial charge in [0.05, 0.1) is 6.61 Å². The van der Waals surface area contributed by atoms with Crippen molar-refractivity contribution in [1.29, 1.82) is 0 Å². The standard InChI is InChI=1S/C24H41NO/c1-7-9-17-24(6,8-2)21(5)25-18-11-10-12-22-13-15-23(16-14-22)26-19-20(3)4/h13-16,20,25H,5,7-12,17-19H2,1-4,6H3. The molecule has 0 aliphatic rings. The molecule has 0 spiro atoms. The van der Waals surface area contributed by atoms with Crippen LogP contribution in [0.25, 0.3) is 0 Å². The van der Waals surface area contributed by atoms with Gasteiger partial charge in [0.15, 0.2) is 0 Å². The zero-order chi connectivity index (χ0) is 19.4. The Morgan fingerprint density at radius 1 is 1.12 bits per heavy atom. The molecule has 1 aromatic rings. The van der Waals surface area contributed by atoms with Gasteiger partial charge in [0.25, 0.3) is 0 Å². The average Bonchev–Trinajstić information content (AvgIpc) is 2.64. The fraction of sp³-hybridized carbons (Fsp3) is 0.667. The van der Waals surface area contributed by atoms with Gasteiger partial charge in [-0.05, 0) is 55.7 Å². The highest BCUT2D eigenvalue weighted by Gasteiger charge is 2.24. The molecule has 0 bridgehead atoms. The summed E-state index contributed by atoms with van der Waals surface area (Å²) >= 11 is 0. The SMILES string of the molecule is C=C(NCCCCc1ccc(OCC(C)C)cc1)C(C)(CC)CCCC. The molecule has 0 radical (unpaired) electrons. The lowest BCUT2D eigenvalue weighted by Gasteiger charge is -2.31. The van der Waals surface area contributed by atoms with Crippen molar-refractivity contribution < 1.29 is 4.74 Å². The molecule has 1 aromatic carbocycles. The predicted molar refractivity (Wildman–Crippen MR) is 115 cm³/mol. The van der Waals surface area contributed by atoms with Gasteiger partial charge in [-0.3, -0.25) is 0 Å². The Hall–Kier alpha value is -1.44. The number of benzene rings is 1. The van der Waals surface area contributed by atoms with E-state index in [0.717, 1.165) is 31.7 Å². The van der Waals surface area contributed by atoms with Gasteiger partial charge in [-0.25, -0.2) is 0 Å². The van der Waals surface area contributed by atoms with Crippen LogP contribution in [0.3, 0.4) is 0 Å². The summed E-state index contributed by atoms with van der Waals surface area (Å²) in [5.74, 6) is 1.54. The number of ether oxygens (including phenoxy) is 1. The number of nitrogens with one attached hydrogen (secondary N) is 1. The molecular formula is C24H41NO. The summed E-state index contributed by atoms with van der Waals surface area (Å²) in [5.41, 5.74) is 2.85. The summed E-state index contributed by atoms with van der Waals surface area (Å²) in [6.45, 7) is 17.3. The molecule has 0 fully saturated rings. The molecule has 2 heteroatoms. The minimum atomic E-state index is 0.238. The minimum Gasteiger partial charge on any atom is -0.493 e. The van der Waals surface area contributed by atoms with Gasteiger partial charge in [-0.15, -0.1) is 0 Å². The third-order valence-electron chi connectivity index (χ3n) is 5.33. The van der Waals surface area contributed by atoms with Crippen LogP contribution in [-0.2, 0) is 6.42 Å². The summed E-state index contributed by atoms with van der Waals surface area (Å²) in [7, 11) is 0. The van der Waals surface area contributed by atoms with Crippen LogP contribution in [0.5, 0.6) is 5.75 Å². The van der Waals surface area contributed by atoms with Crippen molar-refractivity contribution >= 4 is 0 Å². The van der Waals surface area contributed by atoms with E-state index in [0.29, 0.717) is 5.92 Å². The molecule has 26 heavy (non-hydrogen) atoms. The summed E-state index contributed by atoms with van der Waals surface area (Å²) in [6, 6.07) is 8.58. The van der Waals surface area contributed by atoms with E-state index in [2.05, 4.69) is 70.8 Å². The van der Waals surface area contributed by atoms with Gasteiger partial charge in [0.1, 0.15) is 5.75 Å². The van der Waals surface area contributed by atoms with Crippen molar-refractivity contribution in [2.75, 3.05) is 13.2 Å². The molecule has 148 valence electrons. The highest BCUT2D eigenvalue weighted by atomic mass is 16.5. The quantitative estimate of drug-likeness (QED) is 0.371. The first-order chi connectivity index (χ1) is 12.4. The second-order valence-electron chi connectivity index (χ2n) is 8.23. The molecule has 0 aliphatic heterocycles. The zero-order valence-corrected chi connectivity index (χ0v) is 17.9. The van der Waals surface area contributed by atoms with Crippen LogP contribution in [0.2, 0.25) is 0 Å². The lowest BCUT2D eigenvalue weighted by molar-refractivity contribution is 0.271. The maximum Gasteiger partial charge on any atom is 0.119 e. The van der Waals surface area contributed by atoms with Crippen molar-refractivity contribution in [2.24, 2.45) is 11.3 Å². The van der Waals surface area contributed by atoms with Crippen molar-refractivity contribution in [3.63, 3.8) is 0 Å². The highest BCUT2D eigenvalue weighted by molar-refractivity contribution is 5.27. The van der Waals surface area contributed by atoms with E-state index in [-0.39, 0.29) is 5.41 Å². The molecule has 1 rings (SSSR count). The molecule has 0 saturated heterocycles. The van der Waals surface area contributed by atoms with E-state index < -0.39 is 0 Å². The first-order valence-corrected chi connectivity index (χ1v) is 10.6. The smallest absolute Gasteiger partial charge is 0.119 e. The Labute approximate surface area is 162 Å². The molecule has 1 atom stereocenters. The van der Waals surface area contributed by atoms with Gasteiger partial charge < -0.3 is 10.1 Å². The maximum absolute atomic E-state index is 5.74. The number of hydrogen-bond donors (Lipinski definition) is 1. The highest BCUT2D eigenvalue weighted by Crippen LogP contribution is 2.33. The van der Waals surface area contributed by atoms with Gasteiger partial charge in [0.2, 0.25) is 0 Å². The lowest BCUT2D eigenvalue weighted by Crippen LogP contribution is -2.29. The second-order valence-corrected chi connectivity index (χ2v) is 8.23. The molecule has 0 aromatic heterocycles. The van der Waals surface area contributed by atoms with Crippen LogP contribution in [0.4, 0.5) is 0 Å². The molecule has 0 aliphatic carbocycles. The van der Waals surface area contributed by atoms with Crippen LogP contribution in [-0.4, -0.2) is 13.2 Å². The number of hydrogen-bond acceptors (Lipinski definition) is 2. The van der Waals surface area contributed by atoms with Crippen LogP contribution < -0.4 is 10.1 Å². The van der Waals surface area contributed by atoms with E-state index in [4.69, 9.17) is 4.74 Å². The van der Waals surface area contributed by atoms with Crippen molar-refractivity contribution in [1.82, 2.24) is 5.32 Å². The molecular weight excluding hydrogens is 318 g/mol. The van der Waals surface area contributed by atoms with Crippen molar-refractivity contribution in [2.45, 2.75) is 79.6 Å². The fourth-order valence-electron chi connectivity index (χ4n) is 3.03. The molecule has 0 heterocycles. The summed E-state index contributed by atoms with van der Waals surface area (Å²) in [4.78, 5) is 0. The lowest BCUT2D eigenvalue weighted by atomic mass is 9.79. The topological polar surface area (TPSA) is 21.3 Å². The number of aryl methyl sites for hydroxylation is 1. The van der Waals surface area contributed by atoms with E-state index >= 15 is 0 Å². The van der Waals surface area contributed by atoms with Crippen molar-refractivity contribution in [3.05, 3.63) is 42.1 Å². The molecule has 2 nitrogen and oxygen atoms in total. The van der Waals surface area contributed by atoms with Crippen LogP contribution in [0.15, 0.2) is 36.5 Å². The van der Waals surface area contributed by atoms with Crippen LogP contribution in [0, 0.1) is 11.3 Å². The van der Waals surface area contributed by atoms with Gasteiger partial charge >= 0.3 is 0 Å². The minimum absolute atomic E-state index is 0.238. The third-order valence-corrected chi connectivity index (χ3v) is 5.33. The number of allylic oxidation sites excluding steroid dienone is 1. The summed E-state index contributed by atoms with van der Waals surface area (Å²) in [5, 5.41) is 3.59. The molecule has 1 N–H and O–H groups in total. The average molecular weight is 360 g/mol. The number of unbranched alkanes of at least 4 members (excludes halogenated alkanes) is 2. The van der Waals surface area contributed by atoms with E-state index in [1.807, 2.05) is 0 Å². The van der Waals surface area contributed by atoms with Gasteiger partial charge in [-0.1, -0.05) is 66.2 Å². The van der Waals surface area contributed by atoms with Crippen LogP contribution in [0.1, 0.15) is 78.7 Å². The van der Waals surface area contributed by atoms with Crippen LogP contribution >= 0.6 is 0 Å². The fourth-order valence-corrected chi connectivity index (χ4v) is 3.03. The normalized spacial score (nSPS) is 13.5. The Morgan fingerprint density at radius 3 is 2.38 bits per heavy atom. The van der Waals surface area contributed by atoms with Gasteiger partial charge in [0, 0.05) is 17.7 Å². The third kappa shape index (κ3) is 8.29. The first-order valence-electron chi connectivity index (χ1n) is 10.6. The summed E-state index contributed by atoms with van der Waals surface area (Å²) < 4.78 is 5.74. The van der Waals surface area contributed by atoms with E-state index in [9.17, 15) is 0 Å². The second kappa shape index (κ2) is 12.0. The maximum atomic E-state index is 5.74. The molecule has 1 unspecified atom stereocenters. The summed E-state index contributed by atoms with van der Waals surface area (Å²) in [6.07, 6.45) is 8.43. The van der Waals surface area contributed by atoms with Crippen molar-refractivity contribution in [3.8, 4) is 5.75 Å². The molecule has 0 amide bonds. The monoisotopic (exact) mass is 359 g/mol. The Kier molecular flexibility index (Phi) is 10.5. The first kappa shape index (κ1) is 22.6. The Bertz CT molecular complexity index is 505. The van der Waals surface area contributed by atoms with E-state index in [1.165, 1.54) is 43.4 Å². The van der Waals surface area contributed by atoms with E-state index in [1.54, 1.807) is 0 Å². The number of rotatable bonds is 14. The predicted octanol–water partition coefficient (Wildman–Crippen LogP) is 6.75. The zero-order valence-electron chi connectivity index (χ0n) is 17.9. The van der Waals surface area contributed by atoms with Gasteiger partial charge in [-0.2, -0.15) is 0 Å². The Balaban J connectivity index is 2.26. The molecule has 0 saturated carbocycles. The Morgan fingerprint density at radius 2 is 1.81 bits per heavy atom.